The zero-order valence-corrected chi connectivity index (χ0v) is 9.73. The molecule has 17 heavy (non-hydrogen) atoms. The van der Waals surface area contributed by atoms with Gasteiger partial charge in [0.05, 0.1) is 19.2 Å². The molecular formula is C12H13NO4. The van der Waals surface area contributed by atoms with Crippen molar-refractivity contribution in [3.05, 3.63) is 23.8 Å². The third-order valence-electron chi connectivity index (χ3n) is 2.63. The summed E-state index contributed by atoms with van der Waals surface area (Å²) in [6.07, 6.45) is 0. The minimum absolute atomic E-state index is 0.120. The van der Waals surface area contributed by atoms with Crippen molar-refractivity contribution in [1.82, 2.24) is 0 Å². The van der Waals surface area contributed by atoms with E-state index < -0.39 is 5.97 Å². The zero-order valence-electron chi connectivity index (χ0n) is 9.73. The summed E-state index contributed by atoms with van der Waals surface area (Å²) in [5.41, 5.74) is 0.845. The second-order valence-corrected chi connectivity index (χ2v) is 3.66. The number of esters is 1. The molecule has 0 saturated heterocycles. The van der Waals surface area contributed by atoms with Gasteiger partial charge in [-0.3, -0.25) is 4.79 Å². The van der Waals surface area contributed by atoms with E-state index in [0.29, 0.717) is 30.2 Å². The minimum Gasteiger partial charge on any atom is -0.490 e. The average Bonchev–Trinajstić information content (AvgIpc) is 2.36. The Kier molecular flexibility index (Phi) is 2.99. The summed E-state index contributed by atoms with van der Waals surface area (Å²) in [4.78, 5) is 24.7. The standard InChI is InChI=1S/C12H13NO4/c1-8(14)13-6-7-17-10-5-3-4-9(11(10)13)12(15)16-2/h3-5H,6-7H2,1-2H3. The summed E-state index contributed by atoms with van der Waals surface area (Å²) < 4.78 is 10.1. The fraction of sp³-hybridized carbons (Fsp3) is 0.333. The topological polar surface area (TPSA) is 55.8 Å². The Hall–Kier alpha value is -2.04. The molecule has 1 aromatic carbocycles. The molecule has 1 aromatic rings. The van der Waals surface area contributed by atoms with Gasteiger partial charge in [-0.2, -0.15) is 0 Å². The third kappa shape index (κ3) is 1.95. The number of hydrogen-bond donors (Lipinski definition) is 0. The Bertz CT molecular complexity index is 470. The molecule has 2 rings (SSSR count). The van der Waals surface area contributed by atoms with Crippen LogP contribution in [0.3, 0.4) is 0 Å². The molecule has 0 unspecified atom stereocenters. The van der Waals surface area contributed by atoms with Crippen molar-refractivity contribution in [3.8, 4) is 5.75 Å². The molecule has 0 bridgehead atoms. The van der Waals surface area contributed by atoms with Crippen LogP contribution in [0.15, 0.2) is 18.2 Å². The number of anilines is 1. The van der Waals surface area contributed by atoms with Crippen molar-refractivity contribution in [2.75, 3.05) is 25.2 Å². The molecule has 0 radical (unpaired) electrons. The Balaban J connectivity index is 2.56. The number of rotatable bonds is 1. The first-order valence-corrected chi connectivity index (χ1v) is 5.27. The lowest BCUT2D eigenvalue weighted by molar-refractivity contribution is -0.116. The number of hydrogen-bond acceptors (Lipinski definition) is 4. The fourth-order valence-corrected chi connectivity index (χ4v) is 1.87. The number of benzene rings is 1. The van der Waals surface area contributed by atoms with Crippen LogP contribution in [0.1, 0.15) is 17.3 Å². The molecule has 1 aliphatic rings. The van der Waals surface area contributed by atoms with Gasteiger partial charge in [-0.1, -0.05) is 6.07 Å². The van der Waals surface area contributed by atoms with E-state index in [9.17, 15) is 9.59 Å². The second kappa shape index (κ2) is 4.45. The van der Waals surface area contributed by atoms with Gasteiger partial charge in [0.2, 0.25) is 5.91 Å². The quantitative estimate of drug-likeness (QED) is 0.687. The van der Waals surface area contributed by atoms with Crippen LogP contribution in [-0.4, -0.2) is 32.1 Å². The van der Waals surface area contributed by atoms with Crippen LogP contribution in [0, 0.1) is 0 Å². The van der Waals surface area contributed by atoms with Gasteiger partial charge >= 0.3 is 5.97 Å². The Labute approximate surface area is 98.9 Å². The summed E-state index contributed by atoms with van der Waals surface area (Å²) in [5.74, 6) is -0.0566. The maximum atomic E-state index is 11.6. The van der Waals surface area contributed by atoms with Crippen molar-refractivity contribution >= 4 is 17.6 Å². The maximum Gasteiger partial charge on any atom is 0.340 e. The van der Waals surface area contributed by atoms with Gasteiger partial charge in [0.1, 0.15) is 18.0 Å². The van der Waals surface area contributed by atoms with Crippen LogP contribution in [0.5, 0.6) is 5.75 Å². The van der Waals surface area contributed by atoms with Gasteiger partial charge in [0.15, 0.2) is 0 Å². The molecule has 0 fully saturated rings. The van der Waals surface area contributed by atoms with Crippen molar-refractivity contribution in [2.24, 2.45) is 0 Å². The van der Waals surface area contributed by atoms with Gasteiger partial charge in [0.25, 0.3) is 0 Å². The number of carbonyl (C=O) groups is 2. The molecule has 0 aliphatic carbocycles. The number of ether oxygens (including phenoxy) is 2. The van der Waals surface area contributed by atoms with Crippen molar-refractivity contribution < 1.29 is 19.1 Å². The van der Waals surface area contributed by atoms with E-state index in [4.69, 9.17) is 9.47 Å². The monoisotopic (exact) mass is 235 g/mol. The Morgan fingerprint density at radius 1 is 1.41 bits per heavy atom. The Morgan fingerprint density at radius 2 is 2.18 bits per heavy atom. The number of fused-ring (bicyclic) bond motifs is 1. The van der Waals surface area contributed by atoms with Crippen LogP contribution >= 0.6 is 0 Å². The zero-order chi connectivity index (χ0) is 12.4. The largest absolute Gasteiger partial charge is 0.490 e. The van der Waals surface area contributed by atoms with E-state index in [2.05, 4.69) is 0 Å². The van der Waals surface area contributed by atoms with Gasteiger partial charge in [0, 0.05) is 6.92 Å². The van der Waals surface area contributed by atoms with Crippen molar-refractivity contribution in [2.45, 2.75) is 6.92 Å². The van der Waals surface area contributed by atoms with Crippen molar-refractivity contribution in [3.63, 3.8) is 0 Å². The predicted octanol–water partition coefficient (Wildman–Crippen LogP) is 1.22. The number of methoxy groups -OCH3 is 1. The van der Waals surface area contributed by atoms with E-state index in [-0.39, 0.29) is 5.91 Å². The predicted molar refractivity (Wildman–Crippen MR) is 61.3 cm³/mol. The summed E-state index contributed by atoms with van der Waals surface area (Å²) in [6.45, 7) is 2.33. The SMILES string of the molecule is COC(=O)c1cccc2c1N(C(C)=O)CCO2. The lowest BCUT2D eigenvalue weighted by Gasteiger charge is -2.29. The summed E-state index contributed by atoms with van der Waals surface area (Å²) >= 11 is 0. The second-order valence-electron chi connectivity index (χ2n) is 3.66. The van der Waals surface area contributed by atoms with E-state index in [1.807, 2.05) is 0 Å². The van der Waals surface area contributed by atoms with Crippen LogP contribution < -0.4 is 9.64 Å². The first-order valence-electron chi connectivity index (χ1n) is 5.27. The lowest BCUT2D eigenvalue weighted by Crippen LogP contribution is -2.37. The molecule has 90 valence electrons. The van der Waals surface area contributed by atoms with E-state index in [1.165, 1.54) is 18.9 Å². The average molecular weight is 235 g/mol. The molecule has 5 heteroatoms. The van der Waals surface area contributed by atoms with Crippen LogP contribution in [0.4, 0.5) is 5.69 Å². The molecular weight excluding hydrogens is 222 g/mol. The molecule has 1 heterocycles. The first-order chi connectivity index (χ1) is 8.15. The third-order valence-corrected chi connectivity index (χ3v) is 2.63. The molecule has 0 aromatic heterocycles. The number of amides is 1. The smallest absolute Gasteiger partial charge is 0.340 e. The van der Waals surface area contributed by atoms with E-state index >= 15 is 0 Å². The number of nitrogens with zero attached hydrogens (tertiary/aromatic N) is 1. The van der Waals surface area contributed by atoms with Crippen LogP contribution in [0.2, 0.25) is 0 Å². The fourth-order valence-electron chi connectivity index (χ4n) is 1.87. The van der Waals surface area contributed by atoms with Gasteiger partial charge in [-0.25, -0.2) is 4.79 Å². The minimum atomic E-state index is -0.474. The van der Waals surface area contributed by atoms with Crippen LogP contribution in [-0.2, 0) is 9.53 Å². The molecule has 1 aliphatic heterocycles. The van der Waals surface area contributed by atoms with Crippen molar-refractivity contribution in [1.29, 1.82) is 0 Å². The highest BCUT2D eigenvalue weighted by molar-refractivity contribution is 6.04. The molecule has 0 atom stereocenters. The maximum absolute atomic E-state index is 11.6. The highest BCUT2D eigenvalue weighted by Gasteiger charge is 2.27. The normalized spacial score (nSPS) is 13.6. The molecule has 0 spiro atoms. The Morgan fingerprint density at radius 3 is 2.82 bits per heavy atom. The highest BCUT2D eigenvalue weighted by Crippen LogP contribution is 2.35. The first kappa shape index (κ1) is 11.4. The van der Waals surface area contributed by atoms with E-state index in [1.54, 1.807) is 18.2 Å². The molecule has 0 saturated carbocycles. The van der Waals surface area contributed by atoms with E-state index in [0.717, 1.165) is 0 Å². The summed E-state index contributed by atoms with van der Waals surface area (Å²) in [5, 5.41) is 0. The van der Waals surface area contributed by atoms with Gasteiger partial charge in [-0.15, -0.1) is 0 Å². The molecule has 5 nitrogen and oxygen atoms in total. The lowest BCUT2D eigenvalue weighted by atomic mass is 10.1. The molecule has 0 N–H and O–H groups in total. The van der Waals surface area contributed by atoms with Crippen LogP contribution in [0.25, 0.3) is 0 Å². The number of para-hydroxylation sites is 1. The summed E-state index contributed by atoms with van der Waals surface area (Å²) in [6, 6.07) is 5.06. The highest BCUT2D eigenvalue weighted by atomic mass is 16.5. The number of carbonyl (C=O) groups excluding carboxylic acids is 2. The summed E-state index contributed by atoms with van der Waals surface area (Å²) in [7, 11) is 1.31. The van der Waals surface area contributed by atoms with Gasteiger partial charge < -0.3 is 14.4 Å². The molecule has 1 amide bonds. The van der Waals surface area contributed by atoms with Gasteiger partial charge in [-0.05, 0) is 12.1 Å².